The minimum absolute atomic E-state index is 0.0171. The molecule has 10 nitrogen and oxygen atoms in total. The predicted octanol–water partition coefficient (Wildman–Crippen LogP) is 8.41. The Balaban J connectivity index is 1.13. The number of nitrogens with one attached hydrogen (secondary N) is 2. The van der Waals surface area contributed by atoms with Crippen LogP contribution in [0.2, 0.25) is 0 Å². The van der Waals surface area contributed by atoms with Gasteiger partial charge < -0.3 is 20.5 Å². The van der Waals surface area contributed by atoms with Crippen molar-refractivity contribution in [1.82, 2.24) is 15.6 Å². The fourth-order valence-electron chi connectivity index (χ4n) is 14.3. The maximum absolute atomic E-state index is 14.4. The molecule has 5 fully saturated rings. The van der Waals surface area contributed by atoms with Gasteiger partial charge in [-0.15, -0.1) is 0 Å². The Labute approximate surface area is 345 Å². The number of rotatable bonds is 8. The standard InChI is InChI=1S/C48H69N3O7/c1-26(2)36-32(52)24-48(51-41(57)44(8,9)50-38(53)28-14-13-27(3)49-25-28)22-21-46(11)29(37(36)48)15-16-34-45(10)19-18-35(43(6,7)33(45)17-20-47(34,46)12)58-40(56)31-23-30(39(54)55)42(31,4)5/h13-14,25-26,29-31,33-35H,15-24H2,1-12H3,(H,50,53)(H,51,57)(H,54,55)/t29-,30+,31-,33+,34-,35+,45+,46-,47-,48-/m1/s1. The summed E-state index contributed by atoms with van der Waals surface area (Å²) in [5.74, 6) is -1.63. The van der Waals surface area contributed by atoms with Crippen molar-refractivity contribution in [2.45, 2.75) is 164 Å². The molecule has 1 aromatic rings. The number of amides is 2. The number of carboxylic acid groups (broad SMARTS) is 1. The molecule has 1 aromatic heterocycles. The van der Waals surface area contributed by atoms with Gasteiger partial charge in [0.1, 0.15) is 11.6 Å². The van der Waals surface area contributed by atoms with Crippen molar-refractivity contribution in [3.05, 3.63) is 40.7 Å². The summed E-state index contributed by atoms with van der Waals surface area (Å²) < 4.78 is 6.41. The molecule has 0 saturated heterocycles. The van der Waals surface area contributed by atoms with Crippen LogP contribution >= 0.6 is 0 Å². The van der Waals surface area contributed by atoms with Crippen LogP contribution < -0.4 is 10.6 Å². The number of hydrogen-bond acceptors (Lipinski definition) is 7. The van der Waals surface area contributed by atoms with E-state index < -0.39 is 34.3 Å². The highest BCUT2D eigenvalue weighted by molar-refractivity contribution is 6.03. The number of pyridine rings is 1. The highest BCUT2D eigenvalue weighted by Crippen LogP contribution is 2.76. The third-order valence-electron chi connectivity index (χ3n) is 18.0. The number of Topliss-reactive ketones (excluding diaryl/α,β-unsaturated/α-hetero) is 1. The van der Waals surface area contributed by atoms with E-state index >= 15 is 0 Å². The molecule has 0 aliphatic heterocycles. The third kappa shape index (κ3) is 6.13. The van der Waals surface area contributed by atoms with Crippen LogP contribution in [0.5, 0.6) is 0 Å². The average molecular weight is 800 g/mol. The molecule has 2 amide bonds. The molecule has 10 atom stereocenters. The maximum Gasteiger partial charge on any atom is 0.309 e. The summed E-state index contributed by atoms with van der Waals surface area (Å²) in [6, 6.07) is 3.48. The van der Waals surface area contributed by atoms with Crippen molar-refractivity contribution in [3.63, 3.8) is 0 Å². The molecule has 6 aliphatic rings. The topological polar surface area (TPSA) is 152 Å². The molecule has 318 valence electrons. The van der Waals surface area contributed by atoms with Crippen LogP contribution in [0, 0.1) is 69.5 Å². The zero-order valence-corrected chi connectivity index (χ0v) is 37.2. The second-order valence-corrected chi connectivity index (χ2v) is 22.3. The van der Waals surface area contributed by atoms with Crippen molar-refractivity contribution in [3.8, 4) is 0 Å². The van der Waals surface area contributed by atoms with E-state index in [1.165, 1.54) is 6.20 Å². The van der Waals surface area contributed by atoms with Gasteiger partial charge in [0, 0.05) is 23.7 Å². The number of aliphatic carboxylic acids is 1. The van der Waals surface area contributed by atoms with Crippen molar-refractivity contribution in [2.24, 2.45) is 62.6 Å². The molecule has 10 heteroatoms. The van der Waals surface area contributed by atoms with Crippen LogP contribution in [-0.2, 0) is 23.9 Å². The summed E-state index contributed by atoms with van der Waals surface area (Å²) in [6.45, 7) is 25.4. The SMILES string of the molecule is Cc1ccc(C(=O)NC(C)(C)C(=O)N[C@@]23CC[C@]4(C)[C@H](CC[C@@H]5[C@@]6(C)CC[C@H](OC(=O)[C@H]7C[C@@H](C(=O)O)C7(C)C)C(C)(C)[C@@H]6CC[C@]54C)C2=C(C(C)C)C(=O)C3)cn1. The molecular formula is C48H69N3O7. The Kier molecular flexibility index (Phi) is 10.1. The minimum atomic E-state index is -1.24. The number of aromatic nitrogens is 1. The quantitative estimate of drug-likeness (QED) is 0.222. The molecule has 3 N–H and O–H groups in total. The Morgan fingerprint density at radius 3 is 2.16 bits per heavy atom. The van der Waals surface area contributed by atoms with Crippen molar-refractivity contribution in [1.29, 1.82) is 0 Å². The molecule has 5 saturated carbocycles. The average Bonchev–Trinajstić information content (AvgIpc) is 3.41. The zero-order valence-electron chi connectivity index (χ0n) is 37.2. The highest BCUT2D eigenvalue weighted by atomic mass is 16.5. The van der Waals surface area contributed by atoms with Crippen LogP contribution in [0.4, 0.5) is 0 Å². The molecule has 58 heavy (non-hydrogen) atoms. The number of carboxylic acids is 1. The Bertz CT molecular complexity index is 1950. The number of nitrogens with zero attached hydrogens (tertiary/aromatic N) is 1. The molecule has 7 rings (SSSR count). The number of fused-ring (bicyclic) bond motifs is 7. The second kappa shape index (κ2) is 13.7. The van der Waals surface area contributed by atoms with Crippen LogP contribution in [0.15, 0.2) is 29.5 Å². The lowest BCUT2D eigenvalue weighted by molar-refractivity contribution is -0.235. The summed E-state index contributed by atoms with van der Waals surface area (Å²) in [6.07, 6.45) is 9.20. The van der Waals surface area contributed by atoms with Gasteiger partial charge in [-0.05, 0) is 147 Å². The molecule has 0 spiro atoms. The van der Waals surface area contributed by atoms with Gasteiger partial charge in [0.25, 0.3) is 5.91 Å². The number of carbonyl (C=O) groups excluding carboxylic acids is 4. The number of ether oxygens (including phenoxy) is 1. The first-order valence-corrected chi connectivity index (χ1v) is 22.1. The predicted molar refractivity (Wildman–Crippen MR) is 221 cm³/mol. The fraction of sp³-hybridized carbons (Fsp3) is 0.750. The fourth-order valence-corrected chi connectivity index (χ4v) is 14.3. The lowest BCUT2D eigenvalue weighted by Gasteiger charge is -2.72. The van der Waals surface area contributed by atoms with E-state index in [1.54, 1.807) is 26.0 Å². The number of aryl methyl sites for hydroxylation is 1. The van der Waals surface area contributed by atoms with Gasteiger partial charge in [-0.1, -0.05) is 62.3 Å². The summed E-state index contributed by atoms with van der Waals surface area (Å²) >= 11 is 0. The molecule has 0 unspecified atom stereocenters. The number of esters is 1. The van der Waals surface area contributed by atoms with Gasteiger partial charge >= 0.3 is 11.9 Å². The van der Waals surface area contributed by atoms with Gasteiger partial charge in [-0.25, -0.2) is 0 Å². The number of allylic oxidation sites excluding steroid dienone is 1. The van der Waals surface area contributed by atoms with E-state index in [4.69, 9.17) is 4.74 Å². The van der Waals surface area contributed by atoms with Gasteiger partial charge in [0.05, 0.1) is 22.9 Å². The van der Waals surface area contributed by atoms with E-state index in [0.29, 0.717) is 30.2 Å². The Morgan fingerprint density at radius 1 is 0.862 bits per heavy atom. The Morgan fingerprint density at radius 2 is 1.55 bits per heavy atom. The molecule has 1 heterocycles. The van der Waals surface area contributed by atoms with Gasteiger partial charge in [-0.2, -0.15) is 0 Å². The van der Waals surface area contributed by atoms with E-state index in [9.17, 15) is 29.1 Å². The largest absolute Gasteiger partial charge is 0.481 e. The summed E-state index contributed by atoms with van der Waals surface area (Å²) in [5.41, 5.74) is 0.207. The van der Waals surface area contributed by atoms with Crippen LogP contribution in [0.3, 0.4) is 0 Å². The lowest BCUT2D eigenvalue weighted by atomic mass is 9.33. The lowest BCUT2D eigenvalue weighted by Crippen LogP contribution is -2.68. The van der Waals surface area contributed by atoms with Crippen molar-refractivity contribution < 1.29 is 33.8 Å². The highest BCUT2D eigenvalue weighted by Gasteiger charge is 2.71. The molecule has 6 aliphatic carbocycles. The van der Waals surface area contributed by atoms with Gasteiger partial charge in [-0.3, -0.25) is 29.0 Å². The van der Waals surface area contributed by atoms with Crippen LogP contribution in [0.1, 0.15) is 156 Å². The maximum atomic E-state index is 14.4. The first kappa shape index (κ1) is 42.6. The summed E-state index contributed by atoms with van der Waals surface area (Å²) in [7, 11) is 0. The van der Waals surface area contributed by atoms with Crippen molar-refractivity contribution >= 4 is 29.5 Å². The summed E-state index contributed by atoms with van der Waals surface area (Å²) in [4.78, 5) is 71.5. The monoisotopic (exact) mass is 800 g/mol. The zero-order chi connectivity index (χ0) is 42.8. The van der Waals surface area contributed by atoms with E-state index in [-0.39, 0.29) is 69.6 Å². The normalized spacial score (nSPS) is 38.7. The van der Waals surface area contributed by atoms with Crippen LogP contribution in [-0.4, -0.2) is 56.8 Å². The molecular weight excluding hydrogens is 731 g/mol. The molecule has 0 aromatic carbocycles. The third-order valence-corrected chi connectivity index (χ3v) is 18.0. The van der Waals surface area contributed by atoms with Crippen molar-refractivity contribution in [2.75, 3.05) is 0 Å². The van der Waals surface area contributed by atoms with Gasteiger partial charge in [0.15, 0.2) is 5.78 Å². The first-order valence-electron chi connectivity index (χ1n) is 22.1. The molecule has 0 radical (unpaired) electrons. The van der Waals surface area contributed by atoms with Gasteiger partial charge in [0.2, 0.25) is 5.91 Å². The second-order valence-electron chi connectivity index (χ2n) is 22.3. The Hall–Kier alpha value is -3.56. The van der Waals surface area contributed by atoms with Crippen LogP contribution in [0.25, 0.3) is 0 Å². The number of ketones is 1. The van der Waals surface area contributed by atoms with E-state index in [1.807, 2.05) is 20.8 Å². The number of carbonyl (C=O) groups is 5. The smallest absolute Gasteiger partial charge is 0.309 e. The molecule has 0 bridgehead atoms. The minimum Gasteiger partial charge on any atom is -0.481 e. The van der Waals surface area contributed by atoms with E-state index in [2.05, 4.69) is 64.1 Å². The summed E-state index contributed by atoms with van der Waals surface area (Å²) in [5, 5.41) is 16.1. The number of hydrogen-bond donors (Lipinski definition) is 3. The first-order chi connectivity index (χ1) is 26.8. The van der Waals surface area contributed by atoms with E-state index in [0.717, 1.165) is 61.8 Å².